The predicted octanol–water partition coefficient (Wildman–Crippen LogP) is -0.0400. The zero-order valence-corrected chi connectivity index (χ0v) is 43.1. The number of rotatable bonds is 0. The Bertz CT molecular complexity index is 13.0. The van der Waals surface area contributed by atoms with Crippen molar-refractivity contribution in [1.29, 1.82) is 0 Å². The third kappa shape index (κ3) is 122. The zero-order chi connectivity index (χ0) is 0. The average Bonchev–Trinajstić information content (AvgIpc) is 0. The van der Waals surface area contributed by atoms with E-state index in [0.717, 1.165) is 0 Å². The second kappa shape index (κ2) is 138. The Morgan fingerprint density at radius 1 is 0.125 bits per heavy atom. The maximum atomic E-state index is 0. The molecule has 0 aromatic rings. The molecule has 0 rings (SSSR count). The van der Waals surface area contributed by atoms with Gasteiger partial charge >= 0.3 is 0 Å². The van der Waals surface area contributed by atoms with Gasteiger partial charge in [-0.3, -0.25) is 0 Å². The van der Waals surface area contributed by atoms with E-state index in [1.807, 2.05) is 0 Å². The zero-order valence-electron chi connectivity index (χ0n) is 5.26. The van der Waals surface area contributed by atoms with Gasteiger partial charge in [0, 0.05) is 326 Å². The van der Waals surface area contributed by atoms with Gasteiger partial charge in [0.1, 0.15) is 0 Å². The molecule has 0 nitrogen and oxygen atoms in total. The summed E-state index contributed by atoms with van der Waals surface area (Å²) >= 11 is 0. The van der Waals surface area contributed by atoms with Gasteiger partial charge in [0.2, 0.25) is 0 Å². The second-order valence-corrected chi connectivity index (χ2v) is 0. The van der Waals surface area contributed by atoms with E-state index >= 15 is 0 Å². The first-order valence-corrected chi connectivity index (χ1v) is 0. The van der Waals surface area contributed by atoms with E-state index in [1.54, 1.807) is 0 Å². The quantitative estimate of drug-likeness (QED) is 0.320. The minimum absolute atomic E-state index is 0. The molecular formula is Ir12Pt4. The van der Waals surface area contributed by atoms with Crippen molar-refractivity contribution in [2.75, 3.05) is 0 Å². The molecule has 16 heteroatoms. The van der Waals surface area contributed by atoms with E-state index < -0.39 is 0 Å². The monoisotopic (exact) mass is 3100 g/mol. The van der Waals surface area contributed by atoms with Crippen LogP contribution in [0.2, 0.25) is 0 Å². The first kappa shape index (κ1) is 156. The molecule has 0 saturated carbocycles. The molecule has 0 aromatic carbocycles. The average molecular weight is 3090 g/mol. The summed E-state index contributed by atoms with van der Waals surface area (Å²) in [5, 5.41) is 0. The Labute approximate surface area is 317 Å². The Balaban J connectivity index is 0. The standard InChI is InChI=1S/12Ir.4Pt. The molecule has 148 valence electrons. The van der Waals surface area contributed by atoms with Crippen LogP contribution in [0, 0.1) is 0 Å². The van der Waals surface area contributed by atoms with Gasteiger partial charge in [-0.25, -0.2) is 0 Å². The van der Waals surface area contributed by atoms with Gasteiger partial charge < -0.3 is 0 Å². The summed E-state index contributed by atoms with van der Waals surface area (Å²) in [5.41, 5.74) is 0. The van der Waals surface area contributed by atoms with E-state index in [1.165, 1.54) is 0 Å². The van der Waals surface area contributed by atoms with E-state index in [-0.39, 0.29) is 326 Å². The second-order valence-electron chi connectivity index (χ2n) is 0. The molecule has 12 radical (unpaired) electrons. The van der Waals surface area contributed by atoms with Crippen molar-refractivity contribution in [1.82, 2.24) is 0 Å². The summed E-state index contributed by atoms with van der Waals surface area (Å²) in [6, 6.07) is 0. The first-order valence-electron chi connectivity index (χ1n) is 0. The van der Waals surface area contributed by atoms with Crippen LogP contribution in [0.5, 0.6) is 0 Å². The van der Waals surface area contributed by atoms with Crippen LogP contribution in [-0.4, -0.2) is 0 Å². The molecule has 0 aromatic heterocycles. The van der Waals surface area contributed by atoms with Gasteiger partial charge in [-0.1, -0.05) is 0 Å². The van der Waals surface area contributed by atoms with Crippen molar-refractivity contribution in [3.63, 3.8) is 0 Å². The molecule has 16 heavy (non-hydrogen) atoms. The molecule has 0 fully saturated rings. The topological polar surface area (TPSA) is 0 Å². The third-order valence-corrected chi connectivity index (χ3v) is 0. The summed E-state index contributed by atoms with van der Waals surface area (Å²) in [6.45, 7) is 0. The van der Waals surface area contributed by atoms with Gasteiger partial charge in [0.25, 0.3) is 0 Å². The van der Waals surface area contributed by atoms with Crippen LogP contribution in [-0.2, 0) is 326 Å². The van der Waals surface area contributed by atoms with Crippen LogP contribution >= 0.6 is 0 Å². The van der Waals surface area contributed by atoms with Crippen LogP contribution < -0.4 is 0 Å². The van der Waals surface area contributed by atoms with Crippen molar-refractivity contribution >= 4 is 0 Å². The van der Waals surface area contributed by atoms with E-state index in [9.17, 15) is 0 Å². The summed E-state index contributed by atoms with van der Waals surface area (Å²) < 4.78 is 0. The van der Waals surface area contributed by atoms with Crippen LogP contribution in [0.4, 0.5) is 0 Å². The Morgan fingerprint density at radius 3 is 0.125 bits per heavy atom. The summed E-state index contributed by atoms with van der Waals surface area (Å²) in [4.78, 5) is 0. The molecule has 0 aliphatic rings. The minimum atomic E-state index is 0. The fourth-order valence-electron chi connectivity index (χ4n) is 0. The first-order chi connectivity index (χ1) is 0. The molecule has 0 unspecified atom stereocenters. The van der Waals surface area contributed by atoms with Crippen LogP contribution in [0.1, 0.15) is 0 Å². The molecule has 0 atom stereocenters. The number of hydrogen-bond acceptors (Lipinski definition) is 0. The van der Waals surface area contributed by atoms with Crippen molar-refractivity contribution in [3.8, 4) is 0 Å². The smallest absolute Gasteiger partial charge is 0 e. The van der Waals surface area contributed by atoms with Gasteiger partial charge in [0.05, 0.1) is 0 Å². The number of hydrogen-bond donors (Lipinski definition) is 0. The van der Waals surface area contributed by atoms with Gasteiger partial charge in [0.15, 0.2) is 0 Å². The summed E-state index contributed by atoms with van der Waals surface area (Å²) in [5.74, 6) is 0. The maximum Gasteiger partial charge on any atom is 0 e. The third-order valence-electron chi connectivity index (χ3n) is 0. The molecule has 0 saturated heterocycles. The van der Waals surface area contributed by atoms with Crippen molar-refractivity contribution in [2.45, 2.75) is 0 Å². The molecule has 0 aliphatic heterocycles. The fourth-order valence-corrected chi connectivity index (χ4v) is 0. The summed E-state index contributed by atoms with van der Waals surface area (Å²) in [7, 11) is 0. The Hall–Kier alpha value is 10.5. The predicted molar refractivity (Wildman–Crippen MR) is 0 cm³/mol. The van der Waals surface area contributed by atoms with Crippen molar-refractivity contribution < 1.29 is 326 Å². The SMILES string of the molecule is [Ir].[Ir].[Ir].[Ir].[Ir].[Ir].[Ir].[Ir].[Ir].[Ir].[Ir].[Ir].[Pt].[Pt].[Pt].[Pt]. The molecule has 0 spiro atoms. The fraction of sp³-hybridized carbons (Fsp3) is 0. The van der Waals surface area contributed by atoms with Crippen LogP contribution in [0.25, 0.3) is 0 Å². The normalized spacial score (nSPS) is 0. The molecule has 0 amide bonds. The van der Waals surface area contributed by atoms with Gasteiger partial charge in [-0.15, -0.1) is 0 Å². The van der Waals surface area contributed by atoms with E-state index in [2.05, 4.69) is 0 Å². The van der Waals surface area contributed by atoms with Crippen molar-refractivity contribution in [3.05, 3.63) is 0 Å². The molecule has 0 heterocycles. The van der Waals surface area contributed by atoms with Gasteiger partial charge in [-0.2, -0.15) is 0 Å². The van der Waals surface area contributed by atoms with E-state index in [4.69, 9.17) is 0 Å². The largest absolute Gasteiger partial charge is 0 e. The molecule has 0 bridgehead atoms. The summed E-state index contributed by atoms with van der Waals surface area (Å²) in [6.07, 6.45) is 0. The Morgan fingerprint density at radius 2 is 0.125 bits per heavy atom. The van der Waals surface area contributed by atoms with Crippen LogP contribution in [0.3, 0.4) is 0 Å². The minimum Gasteiger partial charge on any atom is 0 e. The molecular weight excluding hydrogens is 3090 g/mol. The van der Waals surface area contributed by atoms with Crippen LogP contribution in [0.15, 0.2) is 0 Å². The van der Waals surface area contributed by atoms with Crippen molar-refractivity contribution in [2.24, 2.45) is 0 Å². The maximum absolute atomic E-state index is 0. The molecule has 0 N–H and O–H groups in total. The Kier molecular flexibility index (Phi) is 1350. The van der Waals surface area contributed by atoms with E-state index in [0.29, 0.717) is 0 Å². The molecule has 0 aliphatic carbocycles. The van der Waals surface area contributed by atoms with Gasteiger partial charge in [-0.05, 0) is 0 Å².